The van der Waals surface area contributed by atoms with Crippen LogP contribution < -0.4 is 11.1 Å². The van der Waals surface area contributed by atoms with Crippen molar-refractivity contribution in [1.82, 2.24) is 0 Å². The Morgan fingerprint density at radius 2 is 2.14 bits per heavy atom. The van der Waals surface area contributed by atoms with Gasteiger partial charge in [0.1, 0.15) is 5.82 Å². The van der Waals surface area contributed by atoms with Crippen molar-refractivity contribution < 1.29 is 9.18 Å². The zero-order valence-corrected chi connectivity index (χ0v) is 12.6. The standard InChI is InChI=1S/C16H17FN2OS/c1-9(20)15-14(18)13(10-6-7-10)16(21-15)19-8-11-4-2-3-5-12(11)17/h2-5,10,19H,6-8,18H2,1H3. The third kappa shape index (κ3) is 2.78. The second-order valence-corrected chi connectivity index (χ2v) is 6.38. The maximum Gasteiger partial charge on any atom is 0.171 e. The molecule has 0 aliphatic heterocycles. The summed E-state index contributed by atoms with van der Waals surface area (Å²) in [5.41, 5.74) is 8.37. The Bertz CT molecular complexity index is 692. The van der Waals surface area contributed by atoms with Gasteiger partial charge >= 0.3 is 0 Å². The largest absolute Gasteiger partial charge is 0.397 e. The van der Waals surface area contributed by atoms with Crippen molar-refractivity contribution in [2.45, 2.75) is 32.2 Å². The van der Waals surface area contributed by atoms with Gasteiger partial charge in [-0.2, -0.15) is 0 Å². The number of anilines is 2. The molecule has 21 heavy (non-hydrogen) atoms. The molecule has 0 saturated heterocycles. The molecule has 1 fully saturated rings. The van der Waals surface area contributed by atoms with E-state index in [1.165, 1.54) is 24.3 Å². The summed E-state index contributed by atoms with van der Waals surface area (Å²) in [4.78, 5) is 12.3. The zero-order valence-electron chi connectivity index (χ0n) is 11.8. The fourth-order valence-electron chi connectivity index (χ4n) is 2.44. The van der Waals surface area contributed by atoms with E-state index in [1.54, 1.807) is 12.1 Å². The average molecular weight is 304 g/mol. The van der Waals surface area contributed by atoms with Gasteiger partial charge in [0.05, 0.1) is 15.6 Å². The zero-order chi connectivity index (χ0) is 15.0. The topological polar surface area (TPSA) is 55.1 Å². The van der Waals surface area contributed by atoms with Crippen LogP contribution in [0.15, 0.2) is 24.3 Å². The molecule has 0 amide bonds. The molecule has 1 aliphatic carbocycles. The first kappa shape index (κ1) is 14.1. The summed E-state index contributed by atoms with van der Waals surface area (Å²) in [6, 6.07) is 6.68. The second-order valence-electron chi connectivity index (χ2n) is 5.36. The summed E-state index contributed by atoms with van der Waals surface area (Å²) < 4.78 is 13.7. The number of ketones is 1. The molecule has 3 rings (SSSR count). The van der Waals surface area contributed by atoms with E-state index in [1.807, 2.05) is 6.07 Å². The minimum absolute atomic E-state index is 0.0154. The highest BCUT2D eigenvalue weighted by molar-refractivity contribution is 7.18. The first-order chi connectivity index (χ1) is 10.1. The van der Waals surface area contributed by atoms with E-state index >= 15 is 0 Å². The van der Waals surface area contributed by atoms with Crippen LogP contribution >= 0.6 is 11.3 Å². The predicted octanol–water partition coefficient (Wildman–Crippen LogP) is 4.16. The van der Waals surface area contributed by atoms with E-state index in [4.69, 9.17) is 5.73 Å². The van der Waals surface area contributed by atoms with Gasteiger partial charge in [-0.05, 0) is 24.8 Å². The second kappa shape index (κ2) is 5.48. The third-order valence-corrected chi connectivity index (χ3v) is 4.97. The van der Waals surface area contributed by atoms with Crippen molar-refractivity contribution in [3.8, 4) is 0 Å². The van der Waals surface area contributed by atoms with E-state index in [-0.39, 0.29) is 11.6 Å². The molecule has 0 unspecified atom stereocenters. The van der Waals surface area contributed by atoms with Crippen LogP contribution in [0.4, 0.5) is 15.1 Å². The fourth-order valence-corrected chi connectivity index (χ4v) is 3.54. The lowest BCUT2D eigenvalue weighted by atomic mass is 10.1. The molecule has 1 saturated carbocycles. The average Bonchev–Trinajstić information content (AvgIpc) is 3.22. The summed E-state index contributed by atoms with van der Waals surface area (Å²) in [5, 5.41) is 4.16. The molecule has 5 heteroatoms. The highest BCUT2D eigenvalue weighted by Crippen LogP contribution is 2.50. The third-order valence-electron chi connectivity index (χ3n) is 3.69. The Balaban J connectivity index is 1.86. The van der Waals surface area contributed by atoms with Crippen LogP contribution in [0.3, 0.4) is 0 Å². The lowest BCUT2D eigenvalue weighted by molar-refractivity contribution is 0.102. The maximum atomic E-state index is 13.7. The number of benzene rings is 1. The Morgan fingerprint density at radius 1 is 1.43 bits per heavy atom. The van der Waals surface area contributed by atoms with Crippen LogP contribution in [0.2, 0.25) is 0 Å². The predicted molar refractivity (Wildman–Crippen MR) is 84.4 cm³/mol. The lowest BCUT2D eigenvalue weighted by Crippen LogP contribution is -2.02. The van der Waals surface area contributed by atoms with Gasteiger partial charge in [-0.15, -0.1) is 11.3 Å². The number of nitrogen functional groups attached to an aromatic ring is 1. The number of rotatable bonds is 5. The van der Waals surface area contributed by atoms with Crippen molar-refractivity contribution in [3.05, 3.63) is 46.1 Å². The number of halogens is 1. The van der Waals surface area contributed by atoms with Gasteiger partial charge in [0.15, 0.2) is 5.78 Å². The van der Waals surface area contributed by atoms with Crippen molar-refractivity contribution in [2.24, 2.45) is 0 Å². The van der Waals surface area contributed by atoms with Crippen LogP contribution in [-0.4, -0.2) is 5.78 Å². The number of thiophene rings is 1. The Morgan fingerprint density at radius 3 is 2.76 bits per heavy atom. The Kier molecular flexibility index (Phi) is 3.68. The normalized spacial score (nSPS) is 14.2. The molecule has 0 bridgehead atoms. The van der Waals surface area contributed by atoms with Gasteiger partial charge in [-0.3, -0.25) is 4.79 Å². The van der Waals surface area contributed by atoms with Crippen LogP contribution in [-0.2, 0) is 6.54 Å². The number of carbonyl (C=O) groups excluding carboxylic acids is 1. The first-order valence-corrected chi connectivity index (χ1v) is 7.80. The van der Waals surface area contributed by atoms with Gasteiger partial charge in [0, 0.05) is 24.6 Å². The molecular weight excluding hydrogens is 287 g/mol. The van der Waals surface area contributed by atoms with Crippen LogP contribution in [0.5, 0.6) is 0 Å². The SMILES string of the molecule is CC(=O)c1sc(NCc2ccccc2F)c(C2CC2)c1N. The minimum Gasteiger partial charge on any atom is -0.397 e. The van der Waals surface area contributed by atoms with Gasteiger partial charge in [0.25, 0.3) is 0 Å². The molecule has 0 spiro atoms. The minimum atomic E-state index is -0.228. The fraction of sp³-hybridized carbons (Fsp3) is 0.312. The number of carbonyl (C=O) groups is 1. The smallest absolute Gasteiger partial charge is 0.171 e. The first-order valence-electron chi connectivity index (χ1n) is 6.98. The molecule has 3 N–H and O–H groups in total. The highest BCUT2D eigenvalue weighted by atomic mass is 32.1. The number of Topliss-reactive ketones (excluding diaryl/α,β-unsaturated/α-hetero) is 1. The highest BCUT2D eigenvalue weighted by Gasteiger charge is 2.32. The quantitative estimate of drug-likeness (QED) is 0.815. The molecule has 0 atom stereocenters. The van der Waals surface area contributed by atoms with E-state index in [0.29, 0.717) is 28.6 Å². The summed E-state index contributed by atoms with van der Waals surface area (Å²) in [6.07, 6.45) is 2.21. The van der Waals surface area contributed by atoms with E-state index in [2.05, 4.69) is 5.32 Å². The van der Waals surface area contributed by atoms with Gasteiger partial charge in [-0.1, -0.05) is 18.2 Å². The van der Waals surface area contributed by atoms with Gasteiger partial charge in [-0.25, -0.2) is 4.39 Å². The molecule has 1 aliphatic rings. The number of nitrogens with one attached hydrogen (secondary N) is 1. The van der Waals surface area contributed by atoms with Crippen LogP contribution in [0.1, 0.15) is 46.5 Å². The number of nitrogens with two attached hydrogens (primary N) is 1. The van der Waals surface area contributed by atoms with Gasteiger partial charge < -0.3 is 11.1 Å². The van der Waals surface area contributed by atoms with Crippen LogP contribution in [0.25, 0.3) is 0 Å². The molecule has 0 radical (unpaired) electrons. The molecule has 1 aromatic heterocycles. The van der Waals surface area contributed by atoms with Crippen LogP contribution in [0, 0.1) is 5.82 Å². The summed E-state index contributed by atoms with van der Waals surface area (Å²) >= 11 is 1.38. The Hall–Kier alpha value is -1.88. The van der Waals surface area contributed by atoms with Crippen molar-refractivity contribution in [3.63, 3.8) is 0 Å². The molecule has 110 valence electrons. The van der Waals surface area contributed by atoms with Gasteiger partial charge in [0.2, 0.25) is 0 Å². The monoisotopic (exact) mass is 304 g/mol. The molecular formula is C16H17FN2OS. The van der Waals surface area contributed by atoms with Crippen molar-refractivity contribution >= 4 is 27.8 Å². The van der Waals surface area contributed by atoms with Crippen molar-refractivity contribution in [1.29, 1.82) is 0 Å². The summed E-state index contributed by atoms with van der Waals surface area (Å²) in [7, 11) is 0. The van der Waals surface area contributed by atoms with E-state index in [9.17, 15) is 9.18 Å². The number of hydrogen-bond acceptors (Lipinski definition) is 4. The number of hydrogen-bond donors (Lipinski definition) is 2. The van der Waals surface area contributed by atoms with Crippen molar-refractivity contribution in [2.75, 3.05) is 11.1 Å². The molecule has 3 nitrogen and oxygen atoms in total. The molecule has 1 heterocycles. The maximum absolute atomic E-state index is 13.7. The Labute approximate surface area is 127 Å². The summed E-state index contributed by atoms with van der Waals surface area (Å²) in [6.45, 7) is 1.92. The lowest BCUT2D eigenvalue weighted by Gasteiger charge is -2.08. The van der Waals surface area contributed by atoms with E-state index < -0.39 is 0 Å². The van der Waals surface area contributed by atoms with E-state index in [0.717, 1.165) is 23.4 Å². The molecule has 1 aromatic carbocycles. The summed E-state index contributed by atoms with van der Waals surface area (Å²) in [5.74, 6) is 0.199. The molecule has 2 aromatic rings.